The lowest BCUT2D eigenvalue weighted by molar-refractivity contribution is 0.706. The molecular formula is C23H27N3S. The highest BCUT2D eigenvalue weighted by molar-refractivity contribution is 7.99. The zero-order valence-electron chi connectivity index (χ0n) is 16.0. The first-order valence-electron chi connectivity index (χ1n) is 9.85. The molecule has 0 saturated heterocycles. The molecule has 27 heavy (non-hydrogen) atoms. The molecule has 3 rings (SSSR count). The zero-order chi connectivity index (χ0) is 18.9. The van der Waals surface area contributed by atoms with E-state index in [9.17, 15) is 5.26 Å². The first-order chi connectivity index (χ1) is 13.3. The SMILES string of the molecule is CCCCCCSc1cc(CC#N)n2ccnc(CCc3ccccc3)c12. The van der Waals surface area contributed by atoms with Gasteiger partial charge >= 0.3 is 0 Å². The van der Waals surface area contributed by atoms with Gasteiger partial charge in [0.25, 0.3) is 0 Å². The molecule has 0 aliphatic carbocycles. The summed E-state index contributed by atoms with van der Waals surface area (Å²) in [6.07, 6.45) is 11.3. The minimum absolute atomic E-state index is 0.430. The standard InChI is InChI=1S/C23H27N3S/c1-2-3-4-8-17-27-22-18-20(13-14-24)26-16-15-25-21(23(22)26)12-11-19-9-6-5-7-10-19/h5-7,9-10,15-16,18H,2-4,8,11-13,17H2,1H3. The molecule has 3 aromatic rings. The van der Waals surface area contributed by atoms with Crippen LogP contribution in [0.3, 0.4) is 0 Å². The quantitative estimate of drug-likeness (QED) is 0.328. The Morgan fingerprint density at radius 3 is 2.74 bits per heavy atom. The van der Waals surface area contributed by atoms with Crippen LogP contribution in [0, 0.1) is 11.3 Å². The molecule has 0 unspecified atom stereocenters. The molecular weight excluding hydrogens is 350 g/mol. The number of rotatable bonds is 10. The third kappa shape index (κ3) is 5.14. The van der Waals surface area contributed by atoms with Crippen molar-refractivity contribution in [3.8, 4) is 6.07 Å². The summed E-state index contributed by atoms with van der Waals surface area (Å²) in [4.78, 5) is 5.97. The molecule has 0 N–H and O–H groups in total. The van der Waals surface area contributed by atoms with Crippen LogP contribution in [-0.4, -0.2) is 15.1 Å². The average Bonchev–Trinajstić information content (AvgIpc) is 3.06. The lowest BCUT2D eigenvalue weighted by atomic mass is 10.1. The summed E-state index contributed by atoms with van der Waals surface area (Å²) in [5, 5.41) is 9.20. The Balaban J connectivity index is 1.83. The fourth-order valence-corrected chi connectivity index (χ4v) is 4.52. The fourth-order valence-electron chi connectivity index (χ4n) is 3.38. The Labute approximate surface area is 166 Å². The van der Waals surface area contributed by atoms with Gasteiger partial charge in [0, 0.05) is 23.0 Å². The number of aryl methyl sites for hydroxylation is 2. The van der Waals surface area contributed by atoms with Crippen molar-refractivity contribution < 1.29 is 0 Å². The van der Waals surface area contributed by atoms with Crippen molar-refractivity contribution >= 4 is 17.3 Å². The molecule has 0 fully saturated rings. The van der Waals surface area contributed by atoms with E-state index in [2.05, 4.69) is 53.8 Å². The largest absolute Gasteiger partial charge is 0.316 e. The third-order valence-electron chi connectivity index (χ3n) is 4.81. The number of nitriles is 1. The molecule has 0 radical (unpaired) electrons. The molecule has 140 valence electrons. The van der Waals surface area contributed by atoms with Crippen molar-refractivity contribution in [3.05, 3.63) is 65.7 Å². The average molecular weight is 378 g/mol. The van der Waals surface area contributed by atoms with E-state index in [1.54, 1.807) is 0 Å². The van der Waals surface area contributed by atoms with Crippen LogP contribution in [0.4, 0.5) is 0 Å². The van der Waals surface area contributed by atoms with Crippen LogP contribution in [0.1, 0.15) is 49.6 Å². The Morgan fingerprint density at radius 1 is 1.11 bits per heavy atom. The maximum absolute atomic E-state index is 9.20. The normalized spacial score (nSPS) is 11.0. The van der Waals surface area contributed by atoms with Gasteiger partial charge in [0.2, 0.25) is 0 Å². The van der Waals surface area contributed by atoms with Gasteiger partial charge in [-0.25, -0.2) is 0 Å². The highest BCUT2D eigenvalue weighted by Gasteiger charge is 2.14. The van der Waals surface area contributed by atoms with Gasteiger partial charge in [-0.1, -0.05) is 56.5 Å². The van der Waals surface area contributed by atoms with E-state index in [1.165, 1.54) is 41.7 Å². The molecule has 0 bridgehead atoms. The maximum Gasteiger partial charge on any atom is 0.0807 e. The molecule has 1 aromatic carbocycles. The van der Waals surface area contributed by atoms with Gasteiger partial charge in [0.05, 0.1) is 23.7 Å². The van der Waals surface area contributed by atoms with E-state index >= 15 is 0 Å². The van der Waals surface area contributed by atoms with Gasteiger partial charge in [0.15, 0.2) is 0 Å². The van der Waals surface area contributed by atoms with Crippen molar-refractivity contribution in [3.63, 3.8) is 0 Å². The van der Waals surface area contributed by atoms with E-state index in [1.807, 2.05) is 24.2 Å². The second-order valence-corrected chi connectivity index (χ2v) is 7.96. The van der Waals surface area contributed by atoms with Gasteiger partial charge in [-0.05, 0) is 36.6 Å². The number of thioether (sulfide) groups is 1. The van der Waals surface area contributed by atoms with Gasteiger partial charge in [-0.15, -0.1) is 11.8 Å². The number of aromatic nitrogens is 2. The monoisotopic (exact) mass is 377 g/mol. The number of nitrogens with zero attached hydrogens (tertiary/aromatic N) is 3. The van der Waals surface area contributed by atoms with Gasteiger partial charge < -0.3 is 4.40 Å². The number of hydrogen-bond acceptors (Lipinski definition) is 3. The summed E-state index contributed by atoms with van der Waals surface area (Å²) in [5.74, 6) is 1.12. The summed E-state index contributed by atoms with van der Waals surface area (Å²) < 4.78 is 2.17. The number of unbranched alkanes of at least 4 members (excludes halogenated alkanes) is 3. The number of fused-ring (bicyclic) bond motifs is 1. The van der Waals surface area contributed by atoms with E-state index in [0.717, 1.165) is 30.0 Å². The lowest BCUT2D eigenvalue weighted by Crippen LogP contribution is -2.00. The first kappa shape index (κ1) is 19.5. The van der Waals surface area contributed by atoms with Crippen LogP contribution in [-0.2, 0) is 19.3 Å². The van der Waals surface area contributed by atoms with Crippen molar-refractivity contribution in [2.24, 2.45) is 0 Å². The lowest BCUT2D eigenvalue weighted by Gasteiger charge is -2.08. The summed E-state index contributed by atoms with van der Waals surface area (Å²) in [5.41, 5.74) is 4.71. The molecule has 0 spiro atoms. The summed E-state index contributed by atoms with van der Waals surface area (Å²) in [6.45, 7) is 2.24. The fraction of sp³-hybridized carbons (Fsp3) is 0.391. The van der Waals surface area contributed by atoms with Crippen molar-refractivity contribution in [1.82, 2.24) is 9.38 Å². The van der Waals surface area contributed by atoms with Crippen molar-refractivity contribution in [2.75, 3.05) is 5.75 Å². The topological polar surface area (TPSA) is 41.1 Å². The smallest absolute Gasteiger partial charge is 0.0807 e. The summed E-state index contributed by atoms with van der Waals surface area (Å²) >= 11 is 1.91. The Hall–Kier alpha value is -2.25. The second-order valence-electron chi connectivity index (χ2n) is 6.82. The first-order valence-corrected chi connectivity index (χ1v) is 10.8. The zero-order valence-corrected chi connectivity index (χ0v) is 16.8. The Kier molecular flexibility index (Phi) is 7.36. The molecule has 0 aliphatic rings. The molecule has 4 heteroatoms. The highest BCUT2D eigenvalue weighted by Crippen LogP contribution is 2.31. The minimum Gasteiger partial charge on any atom is -0.316 e. The van der Waals surface area contributed by atoms with Gasteiger partial charge in [-0.2, -0.15) is 5.26 Å². The predicted molar refractivity (Wildman–Crippen MR) is 113 cm³/mol. The molecule has 0 amide bonds. The summed E-state index contributed by atoms with van der Waals surface area (Å²) in [6, 6.07) is 15.1. The van der Waals surface area contributed by atoms with Crippen LogP contribution in [0.25, 0.3) is 5.52 Å². The van der Waals surface area contributed by atoms with Crippen LogP contribution >= 0.6 is 11.8 Å². The molecule has 0 aliphatic heterocycles. The third-order valence-corrected chi connectivity index (χ3v) is 5.92. The van der Waals surface area contributed by atoms with Crippen molar-refractivity contribution in [2.45, 2.75) is 56.8 Å². The highest BCUT2D eigenvalue weighted by atomic mass is 32.2. The van der Waals surface area contributed by atoms with E-state index in [4.69, 9.17) is 4.98 Å². The predicted octanol–water partition coefficient (Wildman–Crippen LogP) is 5.86. The molecule has 3 nitrogen and oxygen atoms in total. The minimum atomic E-state index is 0.430. The molecule has 2 aromatic heterocycles. The van der Waals surface area contributed by atoms with Gasteiger partial charge in [-0.3, -0.25) is 4.98 Å². The number of hydrogen-bond donors (Lipinski definition) is 0. The van der Waals surface area contributed by atoms with Gasteiger partial charge in [0.1, 0.15) is 0 Å². The molecule has 0 atom stereocenters. The molecule has 0 saturated carbocycles. The molecule has 2 heterocycles. The van der Waals surface area contributed by atoms with E-state index in [-0.39, 0.29) is 0 Å². The van der Waals surface area contributed by atoms with Crippen LogP contribution < -0.4 is 0 Å². The second kappa shape index (κ2) is 10.2. The van der Waals surface area contributed by atoms with Crippen molar-refractivity contribution in [1.29, 1.82) is 5.26 Å². The number of benzene rings is 1. The summed E-state index contributed by atoms with van der Waals surface area (Å²) in [7, 11) is 0. The Bertz CT molecular complexity index is 893. The van der Waals surface area contributed by atoms with Crippen LogP contribution in [0.2, 0.25) is 0 Å². The van der Waals surface area contributed by atoms with E-state index in [0.29, 0.717) is 6.42 Å². The van der Waals surface area contributed by atoms with Crippen LogP contribution in [0.5, 0.6) is 0 Å². The Morgan fingerprint density at radius 2 is 1.96 bits per heavy atom. The maximum atomic E-state index is 9.20. The van der Waals surface area contributed by atoms with E-state index < -0.39 is 0 Å². The van der Waals surface area contributed by atoms with Crippen LogP contribution in [0.15, 0.2) is 53.7 Å².